The van der Waals surface area contributed by atoms with Gasteiger partial charge in [-0.3, -0.25) is 14.4 Å². The Balaban J connectivity index is 1.89. The molecular weight excluding hydrogens is 724 g/mol. The number of hydrogen-bond donors (Lipinski definition) is 1. The Labute approximate surface area is 318 Å². The predicted molar refractivity (Wildman–Crippen MR) is 200 cm³/mol. The molecular formula is C42H49F6N3O4. The van der Waals surface area contributed by atoms with Crippen molar-refractivity contribution in [3.05, 3.63) is 117 Å². The lowest BCUT2D eigenvalue weighted by Gasteiger charge is -2.27. The lowest BCUT2D eigenvalue weighted by molar-refractivity contribution is -0.144. The van der Waals surface area contributed by atoms with Gasteiger partial charge in [0.05, 0.1) is 24.6 Å². The topological polar surface area (TPSA) is 80.6 Å². The number of carbonyl (C=O) groups excluding carboxylic acids is 2. The number of pyridine rings is 1. The van der Waals surface area contributed by atoms with Crippen LogP contribution >= 0.6 is 0 Å². The zero-order valence-electron chi connectivity index (χ0n) is 31.8. The lowest BCUT2D eigenvalue weighted by atomic mass is 9.86. The fourth-order valence-corrected chi connectivity index (χ4v) is 6.88. The molecule has 1 heterocycles. The van der Waals surface area contributed by atoms with Crippen LogP contribution in [-0.2, 0) is 33.3 Å². The summed E-state index contributed by atoms with van der Waals surface area (Å²) < 4.78 is 96.7. The van der Waals surface area contributed by atoms with Crippen LogP contribution in [0.4, 0.5) is 26.3 Å². The van der Waals surface area contributed by atoms with Gasteiger partial charge >= 0.3 is 12.1 Å². The van der Waals surface area contributed by atoms with Crippen LogP contribution in [-0.4, -0.2) is 48.6 Å². The van der Waals surface area contributed by atoms with Gasteiger partial charge in [-0.25, -0.2) is 13.2 Å². The van der Waals surface area contributed by atoms with Crippen molar-refractivity contribution in [1.29, 1.82) is 0 Å². The molecule has 2 aromatic carbocycles. The summed E-state index contributed by atoms with van der Waals surface area (Å²) in [5, 5.41) is 2.55. The second-order valence-corrected chi connectivity index (χ2v) is 14.2. The fraction of sp³-hybridized carbons (Fsp3) is 0.452. The molecule has 0 bridgehead atoms. The Hall–Kier alpha value is -4.65. The molecule has 55 heavy (non-hydrogen) atoms. The Bertz CT molecular complexity index is 1950. The number of carbonyl (C=O) groups is 2. The van der Waals surface area contributed by atoms with Gasteiger partial charge in [-0.05, 0) is 131 Å². The van der Waals surface area contributed by atoms with Crippen LogP contribution in [0.3, 0.4) is 0 Å². The van der Waals surface area contributed by atoms with Gasteiger partial charge in [0.15, 0.2) is 0 Å². The van der Waals surface area contributed by atoms with E-state index in [9.17, 15) is 31.9 Å². The normalized spacial score (nSPS) is 14.1. The standard InChI is InChI=1S/C42H49F6N3O4/c1-7-10-11-12-14-27-20-29(43)19-25(4)37(27)31-21-30(26-15-16-26)39(44)38(40(31)45)33(23-36(53)55-9-3)49-41(54)34(13-8-2)51-24-28(17-18-50(5)6)32(22-35(51)52)42(46,47)48/h7-8,19-22,24,26,33-34H,1-2,9-18,23H2,3-6H3,(H,49,54)/t33-,34-/m0/s1. The molecule has 0 radical (unpaired) electrons. The SMILES string of the molecule is C=CCCCCc1cc(F)cc(C)c1-c1cc(C2CC2)c(F)c([C@H](CC(=O)OCC)NC(=O)[C@H](CC=C)n2cc(CCN(C)C)c(C(F)(F)F)cc2=O)c1F. The van der Waals surface area contributed by atoms with Crippen LogP contribution in [0.15, 0.2) is 60.6 Å². The number of ether oxygens (including phenoxy) is 1. The van der Waals surface area contributed by atoms with Crippen molar-refractivity contribution >= 4 is 11.9 Å². The number of rotatable bonds is 19. The number of aromatic nitrogens is 1. The number of alkyl halides is 3. The number of amides is 1. The minimum absolute atomic E-state index is 0.0234. The number of unbranched alkanes of at least 4 members (excludes halogenated alkanes) is 2. The van der Waals surface area contributed by atoms with Crippen molar-refractivity contribution in [1.82, 2.24) is 14.8 Å². The van der Waals surface area contributed by atoms with Gasteiger partial charge in [0.25, 0.3) is 5.56 Å². The smallest absolute Gasteiger partial charge is 0.416 e. The monoisotopic (exact) mass is 773 g/mol. The zero-order chi connectivity index (χ0) is 40.6. The van der Waals surface area contributed by atoms with Crippen LogP contribution in [0.2, 0.25) is 0 Å². The highest BCUT2D eigenvalue weighted by Crippen LogP contribution is 2.46. The Morgan fingerprint density at radius 1 is 1.02 bits per heavy atom. The fourth-order valence-electron chi connectivity index (χ4n) is 6.88. The molecule has 1 aromatic heterocycles. The van der Waals surface area contributed by atoms with Gasteiger partial charge in [-0.1, -0.05) is 12.2 Å². The number of hydrogen-bond acceptors (Lipinski definition) is 5. The van der Waals surface area contributed by atoms with Gasteiger partial charge in [0, 0.05) is 29.9 Å². The zero-order valence-corrected chi connectivity index (χ0v) is 31.8. The van der Waals surface area contributed by atoms with E-state index in [0.717, 1.165) is 23.6 Å². The molecule has 1 aliphatic rings. The highest BCUT2D eigenvalue weighted by molar-refractivity contribution is 5.82. The molecule has 0 unspecified atom stereocenters. The summed E-state index contributed by atoms with van der Waals surface area (Å²) in [6.45, 7) is 10.7. The number of allylic oxidation sites excluding steroid dienone is 2. The maximum atomic E-state index is 17.2. The van der Waals surface area contributed by atoms with Crippen LogP contribution in [0.5, 0.6) is 0 Å². The predicted octanol–water partition coefficient (Wildman–Crippen LogP) is 9.07. The third-order valence-corrected chi connectivity index (χ3v) is 9.70. The second kappa shape index (κ2) is 18.8. The van der Waals surface area contributed by atoms with Gasteiger partial charge in [0.1, 0.15) is 23.5 Å². The maximum Gasteiger partial charge on any atom is 0.416 e. The molecule has 0 spiro atoms. The summed E-state index contributed by atoms with van der Waals surface area (Å²) in [7, 11) is 3.34. The quantitative estimate of drug-likeness (QED) is 0.0570. The van der Waals surface area contributed by atoms with Crippen LogP contribution < -0.4 is 10.9 Å². The summed E-state index contributed by atoms with van der Waals surface area (Å²) in [6, 6.07) is 1.24. The summed E-state index contributed by atoms with van der Waals surface area (Å²) in [6.07, 6.45) is 1.83. The van der Waals surface area contributed by atoms with Crippen molar-refractivity contribution in [3.63, 3.8) is 0 Å². The Kier molecular flexibility index (Phi) is 14.7. The number of halogens is 6. The number of esters is 1. The molecule has 1 amide bonds. The van der Waals surface area contributed by atoms with Gasteiger partial charge in [-0.15, -0.1) is 13.2 Å². The highest BCUT2D eigenvalue weighted by atomic mass is 19.4. The van der Waals surface area contributed by atoms with Crippen molar-refractivity contribution in [3.8, 4) is 11.1 Å². The van der Waals surface area contributed by atoms with Gasteiger partial charge in [-0.2, -0.15) is 13.2 Å². The Morgan fingerprint density at radius 3 is 2.33 bits per heavy atom. The molecule has 1 fully saturated rings. The average Bonchev–Trinajstić information content (AvgIpc) is 3.94. The number of benzene rings is 2. The van der Waals surface area contributed by atoms with E-state index in [4.69, 9.17) is 4.74 Å². The molecule has 0 aliphatic heterocycles. The molecule has 3 aromatic rings. The van der Waals surface area contributed by atoms with Crippen molar-refractivity contribution in [2.45, 2.75) is 95.8 Å². The minimum Gasteiger partial charge on any atom is -0.466 e. The average molecular weight is 774 g/mol. The molecule has 13 heteroatoms. The summed E-state index contributed by atoms with van der Waals surface area (Å²) in [5.41, 5.74) is -1.71. The van der Waals surface area contributed by atoms with E-state index in [1.807, 2.05) is 0 Å². The van der Waals surface area contributed by atoms with E-state index >= 15 is 8.78 Å². The highest BCUT2D eigenvalue weighted by Gasteiger charge is 2.38. The molecule has 4 rings (SSSR count). The summed E-state index contributed by atoms with van der Waals surface area (Å²) in [4.78, 5) is 42.1. The van der Waals surface area contributed by atoms with Crippen molar-refractivity contribution in [2.75, 3.05) is 27.2 Å². The van der Waals surface area contributed by atoms with Crippen LogP contribution in [0.25, 0.3) is 11.1 Å². The van der Waals surface area contributed by atoms with Crippen LogP contribution in [0, 0.1) is 24.4 Å². The van der Waals surface area contributed by atoms with Crippen molar-refractivity contribution < 1.29 is 40.7 Å². The molecule has 298 valence electrons. The first-order chi connectivity index (χ1) is 26.0. The lowest BCUT2D eigenvalue weighted by Crippen LogP contribution is -2.40. The molecule has 1 N–H and O–H groups in total. The minimum atomic E-state index is -4.85. The van der Waals surface area contributed by atoms with Crippen LogP contribution in [0.1, 0.15) is 103 Å². The molecule has 2 atom stereocenters. The van der Waals surface area contributed by atoms with E-state index < -0.39 is 70.7 Å². The first-order valence-corrected chi connectivity index (χ1v) is 18.5. The number of aryl methyl sites for hydroxylation is 2. The first-order valence-electron chi connectivity index (χ1n) is 18.5. The van der Waals surface area contributed by atoms with Gasteiger partial charge < -0.3 is 19.5 Å². The van der Waals surface area contributed by atoms with E-state index in [1.54, 1.807) is 32.0 Å². The van der Waals surface area contributed by atoms with Crippen molar-refractivity contribution in [2.24, 2.45) is 0 Å². The molecule has 0 saturated heterocycles. The van der Waals surface area contributed by atoms with E-state index in [-0.39, 0.29) is 48.6 Å². The third kappa shape index (κ3) is 10.8. The number of nitrogens with zero attached hydrogens (tertiary/aromatic N) is 2. The maximum absolute atomic E-state index is 17.2. The summed E-state index contributed by atoms with van der Waals surface area (Å²) in [5.74, 6) is -4.71. The summed E-state index contributed by atoms with van der Waals surface area (Å²) >= 11 is 0. The molecule has 1 saturated carbocycles. The molecule has 1 aliphatic carbocycles. The number of nitrogens with one attached hydrogen (secondary N) is 1. The number of likely N-dealkylation sites (N-methyl/N-ethyl adjacent to an activating group) is 1. The van der Waals surface area contributed by atoms with E-state index in [0.29, 0.717) is 48.4 Å². The van der Waals surface area contributed by atoms with Gasteiger partial charge in [0.2, 0.25) is 5.91 Å². The molecule has 7 nitrogen and oxygen atoms in total. The largest absolute Gasteiger partial charge is 0.466 e. The first kappa shape index (κ1) is 43.1. The second-order valence-electron chi connectivity index (χ2n) is 14.2. The third-order valence-electron chi connectivity index (χ3n) is 9.70. The van der Waals surface area contributed by atoms with E-state index in [2.05, 4.69) is 18.5 Å². The Morgan fingerprint density at radius 2 is 1.73 bits per heavy atom. The van der Waals surface area contributed by atoms with E-state index in [1.165, 1.54) is 31.2 Å².